The summed E-state index contributed by atoms with van der Waals surface area (Å²) in [5.41, 5.74) is -0.581. The van der Waals surface area contributed by atoms with Gasteiger partial charge in [0.15, 0.2) is 0 Å². The van der Waals surface area contributed by atoms with Crippen molar-refractivity contribution in [2.45, 2.75) is 13.3 Å². The van der Waals surface area contributed by atoms with Gasteiger partial charge in [-0.25, -0.2) is 8.78 Å². The Morgan fingerprint density at radius 2 is 1.93 bits per heavy atom. The maximum Gasteiger partial charge on any atom is 0.261 e. The van der Waals surface area contributed by atoms with Crippen molar-refractivity contribution in [2.24, 2.45) is 5.41 Å². The molecule has 0 unspecified atom stereocenters. The molecule has 0 saturated heterocycles. The fraction of sp³-hybridized carbons (Fsp3) is 1.00. The normalized spacial score (nSPS) is 12.4. The Morgan fingerprint density at radius 1 is 1.33 bits per heavy atom. The Bertz CT molecular complexity index is 154. The van der Waals surface area contributed by atoms with Crippen LogP contribution in [0.5, 0.6) is 0 Å². The second-order valence-corrected chi connectivity index (χ2v) is 3.77. The molecule has 0 spiro atoms. The monoisotopic (exact) mass is 227 g/mol. The van der Waals surface area contributed by atoms with Gasteiger partial charge < -0.3 is 20.3 Å². The summed E-state index contributed by atoms with van der Waals surface area (Å²) in [6, 6.07) is 0. The molecule has 0 aromatic rings. The Kier molecular flexibility index (Phi) is 7.76. The van der Waals surface area contributed by atoms with Crippen LogP contribution in [0.15, 0.2) is 0 Å². The number of ether oxygens (including phenoxy) is 1. The number of rotatable bonds is 9. The van der Waals surface area contributed by atoms with E-state index < -0.39 is 18.4 Å². The molecule has 3 N–H and O–H groups in total. The largest absolute Gasteiger partial charge is 0.396 e. The summed E-state index contributed by atoms with van der Waals surface area (Å²) in [5.74, 6) is 0. The van der Waals surface area contributed by atoms with Crippen LogP contribution < -0.4 is 5.32 Å². The topological polar surface area (TPSA) is 61.7 Å². The molecule has 0 amide bonds. The SMILES string of the molecule is CC(CO)(CO)CNCCOCC(F)F. The van der Waals surface area contributed by atoms with Gasteiger partial charge in [-0.05, 0) is 0 Å². The third kappa shape index (κ3) is 7.61. The lowest BCUT2D eigenvalue weighted by molar-refractivity contribution is 0.0166. The van der Waals surface area contributed by atoms with Crippen LogP contribution in [0.4, 0.5) is 8.78 Å². The fourth-order valence-corrected chi connectivity index (χ4v) is 0.869. The van der Waals surface area contributed by atoms with E-state index in [1.165, 1.54) is 0 Å². The first-order valence-corrected chi connectivity index (χ1v) is 4.82. The van der Waals surface area contributed by atoms with Gasteiger partial charge in [0.1, 0.15) is 6.61 Å². The van der Waals surface area contributed by atoms with Gasteiger partial charge in [0, 0.05) is 18.5 Å². The molecule has 0 aliphatic carbocycles. The third-order valence-electron chi connectivity index (χ3n) is 1.98. The second kappa shape index (κ2) is 7.92. The van der Waals surface area contributed by atoms with Crippen molar-refractivity contribution < 1.29 is 23.7 Å². The highest BCUT2D eigenvalue weighted by Crippen LogP contribution is 2.11. The second-order valence-electron chi connectivity index (χ2n) is 3.77. The highest BCUT2D eigenvalue weighted by atomic mass is 19.3. The number of aliphatic hydroxyl groups excluding tert-OH is 2. The van der Waals surface area contributed by atoms with Crippen molar-refractivity contribution in [1.82, 2.24) is 5.32 Å². The minimum atomic E-state index is -2.44. The van der Waals surface area contributed by atoms with E-state index in [1.807, 2.05) is 0 Å². The summed E-state index contributed by atoms with van der Waals surface area (Å²) >= 11 is 0. The molecule has 6 heteroatoms. The highest BCUT2D eigenvalue weighted by Gasteiger charge is 2.21. The molecule has 0 atom stereocenters. The molecule has 0 aliphatic rings. The average molecular weight is 227 g/mol. The lowest BCUT2D eigenvalue weighted by Crippen LogP contribution is -2.39. The Balaban J connectivity index is 3.37. The molecule has 4 nitrogen and oxygen atoms in total. The predicted molar refractivity (Wildman–Crippen MR) is 52.0 cm³/mol. The molecule has 92 valence electrons. The summed E-state index contributed by atoms with van der Waals surface area (Å²) < 4.78 is 27.9. The Hall–Kier alpha value is -0.300. The van der Waals surface area contributed by atoms with Crippen LogP contribution in [0.3, 0.4) is 0 Å². The maximum atomic E-state index is 11.6. The molecule has 15 heavy (non-hydrogen) atoms. The first-order valence-electron chi connectivity index (χ1n) is 4.82. The lowest BCUT2D eigenvalue weighted by atomic mass is 9.93. The van der Waals surface area contributed by atoms with Crippen molar-refractivity contribution >= 4 is 0 Å². The van der Waals surface area contributed by atoms with Crippen molar-refractivity contribution in [1.29, 1.82) is 0 Å². The quantitative estimate of drug-likeness (QED) is 0.479. The minimum absolute atomic E-state index is 0.131. The molecule has 0 aromatic heterocycles. The molecule has 0 rings (SSSR count). The summed E-state index contributed by atoms with van der Waals surface area (Å²) in [7, 11) is 0. The van der Waals surface area contributed by atoms with Crippen molar-refractivity contribution in [3.05, 3.63) is 0 Å². The smallest absolute Gasteiger partial charge is 0.261 e. The van der Waals surface area contributed by atoms with E-state index in [0.717, 1.165) is 0 Å². The predicted octanol–water partition coefficient (Wildman–Crippen LogP) is -0.151. The van der Waals surface area contributed by atoms with Gasteiger partial charge in [-0.1, -0.05) is 6.92 Å². The van der Waals surface area contributed by atoms with Crippen LogP contribution in [-0.2, 0) is 4.74 Å². The van der Waals surface area contributed by atoms with E-state index in [1.54, 1.807) is 6.92 Å². The summed E-state index contributed by atoms with van der Waals surface area (Å²) in [6.45, 7) is 1.93. The Morgan fingerprint density at radius 3 is 2.40 bits per heavy atom. The Labute approximate surface area is 88.2 Å². The zero-order valence-electron chi connectivity index (χ0n) is 8.88. The first kappa shape index (κ1) is 14.7. The van der Waals surface area contributed by atoms with Crippen LogP contribution in [0.1, 0.15) is 6.92 Å². The molecule has 0 bridgehead atoms. The van der Waals surface area contributed by atoms with Crippen molar-refractivity contribution in [2.75, 3.05) is 39.5 Å². The number of aliphatic hydroxyl groups is 2. The fourth-order valence-electron chi connectivity index (χ4n) is 0.869. The highest BCUT2D eigenvalue weighted by molar-refractivity contribution is 4.74. The molecule has 0 heterocycles. The van der Waals surface area contributed by atoms with Gasteiger partial charge in [-0.2, -0.15) is 0 Å². The number of hydrogen-bond acceptors (Lipinski definition) is 4. The summed E-state index contributed by atoms with van der Waals surface area (Å²) in [6.07, 6.45) is -2.44. The standard InChI is InChI=1S/C9H19F2NO3/c1-9(6-13,7-14)5-12-2-3-15-4-8(10)11/h8,12-14H,2-7H2,1H3. The summed E-state index contributed by atoms with van der Waals surface area (Å²) in [5, 5.41) is 20.8. The maximum absolute atomic E-state index is 11.6. The van der Waals surface area contributed by atoms with E-state index in [9.17, 15) is 8.78 Å². The van der Waals surface area contributed by atoms with Crippen LogP contribution >= 0.6 is 0 Å². The van der Waals surface area contributed by atoms with E-state index in [0.29, 0.717) is 13.1 Å². The van der Waals surface area contributed by atoms with Gasteiger partial charge in [0.25, 0.3) is 6.43 Å². The van der Waals surface area contributed by atoms with Gasteiger partial charge >= 0.3 is 0 Å². The number of alkyl halides is 2. The van der Waals surface area contributed by atoms with Gasteiger partial charge in [0.05, 0.1) is 19.8 Å². The van der Waals surface area contributed by atoms with E-state index >= 15 is 0 Å². The minimum Gasteiger partial charge on any atom is -0.396 e. The third-order valence-corrected chi connectivity index (χ3v) is 1.98. The van der Waals surface area contributed by atoms with Crippen molar-refractivity contribution in [3.8, 4) is 0 Å². The zero-order chi connectivity index (χ0) is 11.7. The molecular formula is C9H19F2NO3. The number of nitrogens with one attached hydrogen (secondary N) is 1. The molecule has 0 saturated carbocycles. The molecule has 0 aliphatic heterocycles. The molecule has 0 fully saturated rings. The van der Waals surface area contributed by atoms with Gasteiger partial charge in [0.2, 0.25) is 0 Å². The number of halogens is 2. The van der Waals surface area contributed by atoms with Crippen LogP contribution in [0.2, 0.25) is 0 Å². The van der Waals surface area contributed by atoms with Crippen LogP contribution in [-0.4, -0.2) is 56.2 Å². The van der Waals surface area contributed by atoms with Crippen LogP contribution in [0.25, 0.3) is 0 Å². The van der Waals surface area contributed by atoms with Gasteiger partial charge in [-0.3, -0.25) is 0 Å². The first-order chi connectivity index (χ1) is 7.04. The molecular weight excluding hydrogens is 208 g/mol. The van der Waals surface area contributed by atoms with E-state index in [-0.39, 0.29) is 19.8 Å². The van der Waals surface area contributed by atoms with E-state index in [2.05, 4.69) is 10.1 Å². The van der Waals surface area contributed by atoms with Crippen LogP contribution in [0, 0.1) is 5.41 Å². The molecule has 0 aromatic carbocycles. The zero-order valence-corrected chi connectivity index (χ0v) is 8.88. The average Bonchev–Trinajstić information content (AvgIpc) is 2.22. The van der Waals surface area contributed by atoms with Gasteiger partial charge in [-0.15, -0.1) is 0 Å². The summed E-state index contributed by atoms with van der Waals surface area (Å²) in [4.78, 5) is 0. The number of hydrogen-bond donors (Lipinski definition) is 3. The van der Waals surface area contributed by atoms with Crippen molar-refractivity contribution in [3.63, 3.8) is 0 Å². The molecule has 0 radical (unpaired) electrons. The lowest BCUT2D eigenvalue weighted by Gasteiger charge is -2.24. The van der Waals surface area contributed by atoms with E-state index in [4.69, 9.17) is 10.2 Å².